The third kappa shape index (κ3) is 2.23. The molecule has 2 heteroatoms. The summed E-state index contributed by atoms with van der Waals surface area (Å²) in [5.41, 5.74) is 1.38. The van der Waals surface area contributed by atoms with Crippen LogP contribution in [0.1, 0.15) is 20.3 Å². The molecule has 1 aliphatic rings. The number of allylic oxidation sites excluding steroid dienone is 1. The minimum Gasteiger partial charge on any atom is -0.377 e. The monoisotopic (exact) mass is 252 g/mol. The lowest BCUT2D eigenvalue weighted by molar-refractivity contribution is -0.0420. The summed E-state index contributed by atoms with van der Waals surface area (Å²) < 4.78 is 5.92. The summed E-state index contributed by atoms with van der Waals surface area (Å²) >= 11 is 2.43. The van der Waals surface area contributed by atoms with Crippen LogP contribution < -0.4 is 0 Å². The van der Waals surface area contributed by atoms with Gasteiger partial charge in [0.25, 0.3) is 0 Å². The molecule has 1 fully saturated rings. The predicted octanol–water partition coefficient (Wildman–Crippen LogP) is 2.55. The second-order valence-electron chi connectivity index (χ2n) is 2.89. The van der Waals surface area contributed by atoms with Crippen molar-refractivity contribution in [3.05, 3.63) is 11.6 Å². The van der Waals surface area contributed by atoms with Crippen molar-refractivity contribution in [2.24, 2.45) is 0 Å². The molecule has 1 rings (SSSR count). The number of halogens is 1. The van der Waals surface area contributed by atoms with E-state index in [1.807, 2.05) is 0 Å². The quantitative estimate of drug-likeness (QED) is 0.417. The highest BCUT2D eigenvalue weighted by Gasteiger charge is 2.24. The average Bonchev–Trinajstić information content (AvgIpc) is 1.55. The molecule has 58 valence electrons. The van der Waals surface area contributed by atoms with Gasteiger partial charge in [-0.1, -0.05) is 34.2 Å². The van der Waals surface area contributed by atoms with Crippen LogP contribution in [-0.2, 0) is 4.74 Å². The van der Waals surface area contributed by atoms with Crippen LogP contribution in [0, 0.1) is 0 Å². The molecule has 0 spiro atoms. The van der Waals surface area contributed by atoms with Crippen molar-refractivity contribution in [1.29, 1.82) is 0 Å². The maximum absolute atomic E-state index is 5.34. The molecule has 2 atom stereocenters. The van der Waals surface area contributed by atoms with E-state index in [0.29, 0.717) is 10.0 Å². The van der Waals surface area contributed by atoms with Crippen molar-refractivity contribution in [3.63, 3.8) is 0 Å². The topological polar surface area (TPSA) is 9.23 Å². The summed E-state index contributed by atoms with van der Waals surface area (Å²) in [5.74, 6) is 0. The van der Waals surface area contributed by atoms with Gasteiger partial charge >= 0.3 is 0 Å². The van der Waals surface area contributed by atoms with Gasteiger partial charge in [0.1, 0.15) is 0 Å². The van der Waals surface area contributed by atoms with E-state index in [-0.39, 0.29) is 0 Å². The molecule has 0 aliphatic carbocycles. The van der Waals surface area contributed by atoms with Gasteiger partial charge in [-0.3, -0.25) is 0 Å². The lowest BCUT2D eigenvalue weighted by Gasteiger charge is -2.29. The summed E-state index contributed by atoms with van der Waals surface area (Å²) in [5, 5.41) is 0. The Morgan fingerprint density at radius 3 is 2.60 bits per heavy atom. The second-order valence-corrected chi connectivity index (χ2v) is 4.32. The van der Waals surface area contributed by atoms with E-state index in [0.717, 1.165) is 6.61 Å². The summed E-state index contributed by atoms with van der Waals surface area (Å²) in [4.78, 5) is 0. The van der Waals surface area contributed by atoms with E-state index in [1.54, 1.807) is 0 Å². The fourth-order valence-electron chi connectivity index (χ4n) is 0.931. The Hall–Kier alpha value is 0.430. The van der Waals surface area contributed by atoms with E-state index in [9.17, 15) is 0 Å². The van der Waals surface area contributed by atoms with Gasteiger partial charge in [0, 0.05) is 6.61 Å². The molecule has 1 nitrogen and oxygen atoms in total. The van der Waals surface area contributed by atoms with Crippen molar-refractivity contribution in [2.45, 2.75) is 30.3 Å². The smallest absolute Gasteiger partial charge is 0.0749 e. The lowest BCUT2D eigenvalue weighted by atomic mass is 10.1. The molecule has 1 heterocycles. The predicted molar refractivity (Wildman–Crippen MR) is 51.6 cm³/mol. The van der Waals surface area contributed by atoms with Crippen molar-refractivity contribution in [3.8, 4) is 0 Å². The number of rotatable bonds is 2. The zero-order chi connectivity index (χ0) is 7.56. The Morgan fingerprint density at radius 2 is 2.30 bits per heavy atom. The van der Waals surface area contributed by atoms with E-state index in [1.165, 1.54) is 12.0 Å². The van der Waals surface area contributed by atoms with Gasteiger partial charge in [-0.2, -0.15) is 0 Å². The normalized spacial score (nSPS) is 26.9. The second kappa shape index (κ2) is 3.72. The zero-order valence-corrected chi connectivity index (χ0v) is 8.59. The highest BCUT2D eigenvalue weighted by molar-refractivity contribution is 14.1. The Bertz CT molecular complexity index is 134. The SMILES string of the molecule is CC(C)=CC(I)C1CCO1. The van der Waals surface area contributed by atoms with Crippen molar-refractivity contribution in [2.75, 3.05) is 6.61 Å². The van der Waals surface area contributed by atoms with Gasteiger partial charge in [-0.25, -0.2) is 0 Å². The van der Waals surface area contributed by atoms with Crippen LogP contribution in [0.3, 0.4) is 0 Å². The standard InChI is InChI=1S/C8H13IO/c1-6(2)5-7(9)8-3-4-10-8/h5,7-8H,3-4H2,1-2H3. The fourth-order valence-corrected chi connectivity index (χ4v) is 2.22. The summed E-state index contributed by atoms with van der Waals surface area (Å²) in [6.07, 6.45) is 4.00. The summed E-state index contributed by atoms with van der Waals surface area (Å²) in [7, 11) is 0. The van der Waals surface area contributed by atoms with Gasteiger partial charge in [-0.15, -0.1) is 0 Å². The van der Waals surface area contributed by atoms with Crippen LogP contribution >= 0.6 is 22.6 Å². The molecule has 0 aromatic carbocycles. The minimum atomic E-state index is 0.496. The molecule has 0 saturated carbocycles. The Balaban J connectivity index is 2.33. The first-order chi connectivity index (χ1) is 4.70. The fraction of sp³-hybridized carbons (Fsp3) is 0.750. The first-order valence-electron chi connectivity index (χ1n) is 3.61. The Kier molecular flexibility index (Phi) is 3.17. The van der Waals surface area contributed by atoms with Crippen molar-refractivity contribution < 1.29 is 4.74 Å². The van der Waals surface area contributed by atoms with Crippen LogP contribution in [0.2, 0.25) is 0 Å². The molecule has 10 heavy (non-hydrogen) atoms. The number of hydrogen-bond acceptors (Lipinski definition) is 1. The largest absolute Gasteiger partial charge is 0.377 e. The van der Waals surface area contributed by atoms with E-state index < -0.39 is 0 Å². The van der Waals surface area contributed by atoms with E-state index >= 15 is 0 Å². The van der Waals surface area contributed by atoms with Crippen LogP contribution in [0.15, 0.2) is 11.6 Å². The van der Waals surface area contributed by atoms with Crippen LogP contribution in [0.5, 0.6) is 0 Å². The Labute approximate surface area is 76.0 Å². The first-order valence-corrected chi connectivity index (χ1v) is 4.85. The van der Waals surface area contributed by atoms with Crippen LogP contribution in [0.4, 0.5) is 0 Å². The summed E-state index contributed by atoms with van der Waals surface area (Å²) in [6, 6.07) is 0. The Morgan fingerprint density at radius 1 is 1.70 bits per heavy atom. The molecule has 1 aliphatic heterocycles. The molecule has 2 unspecified atom stereocenters. The van der Waals surface area contributed by atoms with Gasteiger partial charge in [0.15, 0.2) is 0 Å². The molecule has 0 aromatic heterocycles. The van der Waals surface area contributed by atoms with Gasteiger partial charge in [-0.05, 0) is 20.3 Å². The van der Waals surface area contributed by atoms with Crippen LogP contribution in [0.25, 0.3) is 0 Å². The molecular weight excluding hydrogens is 239 g/mol. The van der Waals surface area contributed by atoms with Gasteiger partial charge < -0.3 is 4.74 Å². The van der Waals surface area contributed by atoms with Crippen molar-refractivity contribution >= 4 is 22.6 Å². The third-order valence-electron chi connectivity index (χ3n) is 1.58. The minimum absolute atomic E-state index is 0.496. The molecule has 0 bridgehead atoms. The lowest BCUT2D eigenvalue weighted by Crippen LogP contribution is -2.33. The van der Waals surface area contributed by atoms with Gasteiger partial charge in [0.05, 0.1) is 10.0 Å². The number of hydrogen-bond donors (Lipinski definition) is 0. The molecule has 0 aromatic rings. The van der Waals surface area contributed by atoms with Crippen molar-refractivity contribution in [1.82, 2.24) is 0 Å². The van der Waals surface area contributed by atoms with Gasteiger partial charge in [0.2, 0.25) is 0 Å². The maximum atomic E-state index is 5.34. The molecule has 1 saturated heterocycles. The molecule has 0 radical (unpaired) electrons. The zero-order valence-electron chi connectivity index (χ0n) is 6.43. The maximum Gasteiger partial charge on any atom is 0.0749 e. The summed E-state index contributed by atoms with van der Waals surface area (Å²) in [6.45, 7) is 5.22. The highest BCUT2D eigenvalue weighted by atomic mass is 127. The molecule has 0 amide bonds. The highest BCUT2D eigenvalue weighted by Crippen LogP contribution is 2.23. The third-order valence-corrected chi connectivity index (χ3v) is 2.74. The number of ether oxygens (including phenoxy) is 1. The van der Waals surface area contributed by atoms with E-state index in [2.05, 4.69) is 42.5 Å². The van der Waals surface area contributed by atoms with Crippen LogP contribution in [-0.4, -0.2) is 16.6 Å². The average molecular weight is 252 g/mol. The van der Waals surface area contributed by atoms with E-state index in [4.69, 9.17) is 4.74 Å². The first kappa shape index (κ1) is 8.53. The molecule has 0 N–H and O–H groups in total. The molecular formula is C8H13IO. The number of alkyl halides is 1.